The van der Waals surface area contributed by atoms with Crippen LogP contribution in [0, 0.1) is 0 Å². The molecular formula is C20H23ClN2O4S. The maximum Gasteiger partial charge on any atom is 0.260 e. The van der Waals surface area contributed by atoms with Gasteiger partial charge in [-0.1, -0.05) is 36.7 Å². The lowest BCUT2D eigenvalue weighted by molar-refractivity contribution is -0.134. The van der Waals surface area contributed by atoms with Crippen LogP contribution in [0.2, 0.25) is 5.02 Å². The van der Waals surface area contributed by atoms with Crippen molar-refractivity contribution in [2.45, 2.75) is 18.2 Å². The van der Waals surface area contributed by atoms with Gasteiger partial charge in [-0.15, -0.1) is 0 Å². The van der Waals surface area contributed by atoms with Gasteiger partial charge in [-0.05, 0) is 42.3 Å². The zero-order valence-corrected chi connectivity index (χ0v) is 17.2. The number of carbonyl (C=O) groups excluding carboxylic acids is 1. The topological polar surface area (TPSA) is 66.9 Å². The molecule has 0 bridgehead atoms. The summed E-state index contributed by atoms with van der Waals surface area (Å²) in [5.74, 6) is 0.511. The number of ether oxygens (including phenoxy) is 1. The number of nitrogens with zero attached hydrogens (tertiary/aromatic N) is 2. The minimum absolute atomic E-state index is 0.0613. The van der Waals surface area contributed by atoms with Gasteiger partial charge in [-0.25, -0.2) is 8.42 Å². The number of hydrogen-bond donors (Lipinski definition) is 0. The van der Waals surface area contributed by atoms with Crippen molar-refractivity contribution in [1.29, 1.82) is 0 Å². The highest BCUT2D eigenvalue weighted by molar-refractivity contribution is 7.89. The number of sulfonamides is 1. The van der Waals surface area contributed by atoms with Crippen LogP contribution in [0.15, 0.2) is 53.4 Å². The van der Waals surface area contributed by atoms with Gasteiger partial charge in [0.05, 0.1) is 4.90 Å². The van der Waals surface area contributed by atoms with Crippen LogP contribution in [0.1, 0.15) is 12.5 Å². The second-order valence-electron chi connectivity index (χ2n) is 6.53. The zero-order chi connectivity index (χ0) is 20.1. The van der Waals surface area contributed by atoms with Gasteiger partial charge < -0.3 is 9.64 Å². The molecular weight excluding hydrogens is 400 g/mol. The number of halogens is 1. The molecule has 0 N–H and O–H groups in total. The van der Waals surface area contributed by atoms with Gasteiger partial charge in [0.2, 0.25) is 10.0 Å². The smallest absolute Gasteiger partial charge is 0.260 e. The van der Waals surface area contributed by atoms with E-state index in [1.807, 2.05) is 24.3 Å². The molecule has 0 aliphatic carbocycles. The van der Waals surface area contributed by atoms with Crippen LogP contribution in [-0.4, -0.2) is 56.3 Å². The lowest BCUT2D eigenvalue weighted by Gasteiger charge is -2.34. The fourth-order valence-corrected chi connectivity index (χ4v) is 4.77. The highest BCUT2D eigenvalue weighted by atomic mass is 35.5. The average molecular weight is 423 g/mol. The SMILES string of the molecule is CCc1cccc(OCC(=O)N2CCN(S(=O)(=O)c3cccc(Cl)c3)CC2)c1. The third kappa shape index (κ3) is 4.84. The summed E-state index contributed by atoms with van der Waals surface area (Å²) in [7, 11) is -3.62. The standard InChI is InChI=1S/C20H23ClN2O4S/c1-2-16-5-3-7-18(13-16)27-15-20(24)22-9-11-23(12-10-22)28(25,26)19-8-4-6-17(21)14-19/h3-8,13-14H,2,9-12,15H2,1H3. The summed E-state index contributed by atoms with van der Waals surface area (Å²) in [4.78, 5) is 14.2. The maximum absolute atomic E-state index is 12.7. The first-order valence-electron chi connectivity index (χ1n) is 9.15. The molecule has 1 fully saturated rings. The third-order valence-corrected chi connectivity index (χ3v) is 6.82. The molecule has 2 aromatic carbocycles. The van der Waals surface area contributed by atoms with Gasteiger partial charge >= 0.3 is 0 Å². The van der Waals surface area contributed by atoms with Gasteiger partial charge in [0.15, 0.2) is 6.61 Å². The Morgan fingerprint density at radius 2 is 1.79 bits per heavy atom. The predicted molar refractivity (Wildman–Crippen MR) is 108 cm³/mol. The fraction of sp³-hybridized carbons (Fsp3) is 0.350. The molecule has 0 aromatic heterocycles. The second kappa shape index (κ2) is 8.94. The Bertz CT molecular complexity index is 941. The van der Waals surface area contributed by atoms with E-state index < -0.39 is 10.0 Å². The number of rotatable bonds is 6. The lowest BCUT2D eigenvalue weighted by Crippen LogP contribution is -2.51. The van der Waals surface area contributed by atoms with Crippen molar-refractivity contribution in [3.05, 3.63) is 59.1 Å². The molecule has 0 spiro atoms. The summed E-state index contributed by atoms with van der Waals surface area (Å²) in [6.45, 7) is 3.14. The van der Waals surface area contributed by atoms with E-state index in [9.17, 15) is 13.2 Å². The van der Waals surface area contributed by atoms with Crippen LogP contribution >= 0.6 is 11.6 Å². The van der Waals surface area contributed by atoms with Crippen molar-refractivity contribution >= 4 is 27.5 Å². The monoisotopic (exact) mass is 422 g/mol. The maximum atomic E-state index is 12.7. The molecule has 0 unspecified atom stereocenters. The Morgan fingerprint density at radius 3 is 2.46 bits per heavy atom. The molecule has 1 aliphatic heterocycles. The molecule has 1 heterocycles. The first kappa shape index (κ1) is 20.6. The number of amides is 1. The molecule has 0 radical (unpaired) electrons. The van der Waals surface area contributed by atoms with Crippen molar-refractivity contribution in [3.63, 3.8) is 0 Å². The zero-order valence-electron chi connectivity index (χ0n) is 15.7. The average Bonchev–Trinajstić information content (AvgIpc) is 2.72. The van der Waals surface area contributed by atoms with Gasteiger partial charge in [-0.3, -0.25) is 4.79 Å². The normalized spacial score (nSPS) is 15.4. The first-order chi connectivity index (χ1) is 13.4. The molecule has 8 heteroatoms. The van der Waals surface area contributed by atoms with Crippen molar-refractivity contribution in [2.24, 2.45) is 0 Å². The van der Waals surface area contributed by atoms with E-state index in [0.717, 1.165) is 12.0 Å². The second-order valence-corrected chi connectivity index (χ2v) is 8.91. The van der Waals surface area contributed by atoms with E-state index in [4.69, 9.17) is 16.3 Å². The van der Waals surface area contributed by atoms with Crippen LogP contribution < -0.4 is 4.74 Å². The molecule has 0 atom stereocenters. The number of aryl methyl sites for hydroxylation is 1. The minimum Gasteiger partial charge on any atom is -0.484 e. The molecule has 2 aromatic rings. The molecule has 1 amide bonds. The van der Waals surface area contributed by atoms with Crippen LogP contribution in [0.5, 0.6) is 5.75 Å². The Labute approximate surface area is 170 Å². The van der Waals surface area contributed by atoms with E-state index in [1.165, 1.54) is 16.4 Å². The van der Waals surface area contributed by atoms with E-state index in [0.29, 0.717) is 23.9 Å². The Balaban J connectivity index is 1.55. The molecule has 3 rings (SSSR count). The summed E-state index contributed by atoms with van der Waals surface area (Å²) < 4.78 is 32.4. The van der Waals surface area contributed by atoms with E-state index >= 15 is 0 Å². The fourth-order valence-electron chi connectivity index (χ4n) is 3.05. The molecule has 1 aliphatic rings. The van der Waals surface area contributed by atoms with E-state index in [1.54, 1.807) is 17.0 Å². The van der Waals surface area contributed by atoms with Crippen molar-refractivity contribution < 1.29 is 17.9 Å². The molecule has 150 valence electrons. The highest BCUT2D eigenvalue weighted by Crippen LogP contribution is 2.21. The van der Waals surface area contributed by atoms with Crippen LogP contribution in [0.25, 0.3) is 0 Å². The quantitative estimate of drug-likeness (QED) is 0.717. The van der Waals surface area contributed by atoms with E-state index in [2.05, 4.69) is 6.92 Å². The highest BCUT2D eigenvalue weighted by Gasteiger charge is 2.30. The van der Waals surface area contributed by atoms with E-state index in [-0.39, 0.29) is 30.5 Å². The lowest BCUT2D eigenvalue weighted by atomic mass is 10.2. The Kier molecular flexibility index (Phi) is 6.59. The first-order valence-corrected chi connectivity index (χ1v) is 11.0. The van der Waals surface area contributed by atoms with Crippen LogP contribution in [0.3, 0.4) is 0 Å². The van der Waals surface area contributed by atoms with Gasteiger partial charge in [0, 0.05) is 31.2 Å². The molecule has 6 nitrogen and oxygen atoms in total. The number of benzene rings is 2. The molecule has 1 saturated heterocycles. The molecule has 0 saturated carbocycles. The summed E-state index contributed by atoms with van der Waals surface area (Å²) in [6.07, 6.45) is 0.897. The number of carbonyl (C=O) groups is 1. The van der Waals surface area contributed by atoms with Gasteiger partial charge in [0.25, 0.3) is 5.91 Å². The van der Waals surface area contributed by atoms with Gasteiger partial charge in [0.1, 0.15) is 5.75 Å². The molecule has 28 heavy (non-hydrogen) atoms. The summed E-state index contributed by atoms with van der Waals surface area (Å²) in [6, 6.07) is 13.9. The van der Waals surface area contributed by atoms with Crippen LogP contribution in [-0.2, 0) is 21.2 Å². The van der Waals surface area contributed by atoms with Crippen molar-refractivity contribution in [2.75, 3.05) is 32.8 Å². The summed E-state index contributed by atoms with van der Waals surface area (Å²) in [5.41, 5.74) is 1.14. The summed E-state index contributed by atoms with van der Waals surface area (Å²) >= 11 is 5.91. The number of hydrogen-bond acceptors (Lipinski definition) is 4. The Hall–Kier alpha value is -2.09. The van der Waals surface area contributed by atoms with Crippen molar-refractivity contribution in [1.82, 2.24) is 9.21 Å². The third-order valence-electron chi connectivity index (χ3n) is 4.69. The Morgan fingerprint density at radius 1 is 1.07 bits per heavy atom. The largest absolute Gasteiger partial charge is 0.484 e. The van der Waals surface area contributed by atoms with Gasteiger partial charge in [-0.2, -0.15) is 4.31 Å². The minimum atomic E-state index is -3.62. The number of piperazine rings is 1. The summed E-state index contributed by atoms with van der Waals surface area (Å²) in [5, 5.41) is 0.374. The predicted octanol–water partition coefficient (Wildman–Crippen LogP) is 2.81. The van der Waals surface area contributed by atoms with Crippen LogP contribution in [0.4, 0.5) is 0 Å². The van der Waals surface area contributed by atoms with Crippen molar-refractivity contribution in [3.8, 4) is 5.75 Å².